The molecule has 1 heterocycles. The molecule has 4 nitrogen and oxygen atoms in total. The van der Waals surface area contributed by atoms with E-state index in [1.165, 1.54) is 5.56 Å². The summed E-state index contributed by atoms with van der Waals surface area (Å²) >= 11 is 0. The van der Waals surface area contributed by atoms with E-state index in [1.54, 1.807) is 4.90 Å². The van der Waals surface area contributed by atoms with Gasteiger partial charge in [-0.2, -0.15) is 0 Å². The molecule has 0 aliphatic carbocycles. The molecule has 0 aromatic heterocycles. The lowest BCUT2D eigenvalue weighted by Gasteiger charge is -2.28. The van der Waals surface area contributed by atoms with Crippen LogP contribution in [0.2, 0.25) is 0 Å². The number of nitrogens with two attached hydrogens (primary N) is 1. The van der Waals surface area contributed by atoms with Crippen LogP contribution in [0.4, 0.5) is 0 Å². The molecule has 0 saturated carbocycles. The van der Waals surface area contributed by atoms with E-state index < -0.39 is 16.8 Å². The Kier molecular flexibility index (Phi) is 5.10. The third kappa shape index (κ3) is 4.14. The quantitative estimate of drug-likeness (QED) is 0.875. The van der Waals surface area contributed by atoms with Crippen molar-refractivity contribution in [2.75, 3.05) is 24.6 Å². The summed E-state index contributed by atoms with van der Waals surface area (Å²) < 4.78 is 11.3. The summed E-state index contributed by atoms with van der Waals surface area (Å²) in [4.78, 5) is 13.9. The highest BCUT2D eigenvalue weighted by Gasteiger charge is 2.24. The molecule has 1 aromatic carbocycles. The molecule has 0 radical (unpaired) electrons. The first-order valence-electron chi connectivity index (χ1n) is 6.60. The molecular weight excluding hydrogens is 260 g/mol. The van der Waals surface area contributed by atoms with Gasteiger partial charge < -0.3 is 10.6 Å². The maximum atomic E-state index is 12.1. The van der Waals surface area contributed by atoms with Gasteiger partial charge >= 0.3 is 0 Å². The van der Waals surface area contributed by atoms with Gasteiger partial charge in [-0.1, -0.05) is 30.3 Å². The van der Waals surface area contributed by atoms with Crippen LogP contribution in [0.3, 0.4) is 0 Å². The Hall–Kier alpha value is -1.20. The number of nitrogens with zero attached hydrogens (tertiary/aromatic N) is 1. The number of aryl methyl sites for hydroxylation is 1. The van der Waals surface area contributed by atoms with Crippen LogP contribution >= 0.6 is 0 Å². The van der Waals surface area contributed by atoms with Gasteiger partial charge in [-0.15, -0.1) is 0 Å². The molecule has 1 aliphatic rings. The Morgan fingerprint density at radius 3 is 2.53 bits per heavy atom. The van der Waals surface area contributed by atoms with Crippen LogP contribution in [0.5, 0.6) is 0 Å². The lowest BCUT2D eigenvalue weighted by atomic mass is 10.0. The Bertz CT molecular complexity index is 440. The van der Waals surface area contributed by atoms with Gasteiger partial charge in [-0.05, 0) is 18.4 Å². The molecule has 1 saturated heterocycles. The molecular formula is C14H20N2O2S. The standard InChI is InChI=1S/C14H20N2O2S/c15-13(7-6-12-4-2-1-3-5-12)14(17)16-8-10-19(18)11-9-16/h1-5,13H,6-11,15H2. The summed E-state index contributed by atoms with van der Waals surface area (Å²) in [7, 11) is -0.759. The summed E-state index contributed by atoms with van der Waals surface area (Å²) in [5.74, 6) is 1.15. The zero-order valence-corrected chi connectivity index (χ0v) is 11.8. The monoisotopic (exact) mass is 280 g/mol. The summed E-state index contributed by atoms with van der Waals surface area (Å²) in [6.45, 7) is 1.15. The van der Waals surface area contributed by atoms with Crippen LogP contribution in [0.25, 0.3) is 0 Å². The molecule has 0 spiro atoms. The van der Waals surface area contributed by atoms with E-state index >= 15 is 0 Å². The number of carbonyl (C=O) groups is 1. The van der Waals surface area contributed by atoms with Crippen LogP contribution in [0.15, 0.2) is 30.3 Å². The lowest BCUT2D eigenvalue weighted by molar-refractivity contribution is -0.132. The third-order valence-electron chi connectivity index (χ3n) is 3.39. The highest BCUT2D eigenvalue weighted by molar-refractivity contribution is 7.85. The minimum atomic E-state index is -0.759. The first kappa shape index (κ1) is 14.2. The van der Waals surface area contributed by atoms with Gasteiger partial charge in [-0.25, -0.2) is 0 Å². The van der Waals surface area contributed by atoms with E-state index in [-0.39, 0.29) is 5.91 Å². The number of amides is 1. The van der Waals surface area contributed by atoms with E-state index in [1.807, 2.05) is 30.3 Å². The number of benzene rings is 1. The van der Waals surface area contributed by atoms with Crippen LogP contribution in [0, 0.1) is 0 Å². The second-order valence-corrected chi connectivity index (χ2v) is 6.50. The van der Waals surface area contributed by atoms with Crippen molar-refractivity contribution < 1.29 is 9.00 Å². The minimum Gasteiger partial charge on any atom is -0.340 e. The lowest BCUT2D eigenvalue weighted by Crippen LogP contribution is -2.49. The number of rotatable bonds is 4. The van der Waals surface area contributed by atoms with Gasteiger partial charge in [0.05, 0.1) is 6.04 Å². The first-order valence-corrected chi connectivity index (χ1v) is 8.09. The smallest absolute Gasteiger partial charge is 0.239 e. The SMILES string of the molecule is NC(CCc1ccccc1)C(=O)N1CCS(=O)CC1. The van der Waals surface area contributed by atoms with Gasteiger partial charge in [-0.3, -0.25) is 9.00 Å². The fraction of sp³-hybridized carbons (Fsp3) is 0.500. The number of hydrogen-bond acceptors (Lipinski definition) is 3. The fourth-order valence-electron chi connectivity index (χ4n) is 2.18. The Labute approximate surface area is 116 Å². The Morgan fingerprint density at radius 1 is 1.26 bits per heavy atom. The van der Waals surface area contributed by atoms with Crippen molar-refractivity contribution in [1.82, 2.24) is 4.90 Å². The molecule has 1 atom stereocenters. The van der Waals surface area contributed by atoms with Crippen LogP contribution in [-0.2, 0) is 22.0 Å². The second kappa shape index (κ2) is 6.82. The van der Waals surface area contributed by atoms with E-state index in [2.05, 4.69) is 0 Å². The van der Waals surface area contributed by atoms with E-state index in [0.717, 1.165) is 6.42 Å². The largest absolute Gasteiger partial charge is 0.340 e. The van der Waals surface area contributed by atoms with Gasteiger partial charge in [0.25, 0.3) is 0 Å². The van der Waals surface area contributed by atoms with Crippen LogP contribution in [-0.4, -0.2) is 45.7 Å². The van der Waals surface area contributed by atoms with Crippen molar-refractivity contribution in [3.63, 3.8) is 0 Å². The molecule has 104 valence electrons. The Morgan fingerprint density at radius 2 is 1.89 bits per heavy atom. The first-order chi connectivity index (χ1) is 9.16. The maximum Gasteiger partial charge on any atom is 0.239 e. The molecule has 2 N–H and O–H groups in total. The average molecular weight is 280 g/mol. The second-order valence-electron chi connectivity index (χ2n) is 4.80. The van der Waals surface area contributed by atoms with Crippen LogP contribution < -0.4 is 5.73 Å². The average Bonchev–Trinajstić information content (AvgIpc) is 2.46. The highest BCUT2D eigenvalue weighted by Crippen LogP contribution is 2.08. The van der Waals surface area contributed by atoms with Crippen molar-refractivity contribution >= 4 is 16.7 Å². The molecule has 2 rings (SSSR count). The normalized spacial score (nSPS) is 18.3. The highest BCUT2D eigenvalue weighted by atomic mass is 32.2. The summed E-state index contributed by atoms with van der Waals surface area (Å²) in [5, 5.41) is 0. The van der Waals surface area contributed by atoms with Crippen molar-refractivity contribution in [3.8, 4) is 0 Å². The van der Waals surface area contributed by atoms with Gasteiger partial charge in [0.2, 0.25) is 5.91 Å². The molecule has 1 unspecified atom stereocenters. The maximum absolute atomic E-state index is 12.1. The van der Waals surface area contributed by atoms with Crippen molar-refractivity contribution in [2.24, 2.45) is 5.73 Å². The Balaban J connectivity index is 1.81. The van der Waals surface area contributed by atoms with E-state index in [0.29, 0.717) is 31.0 Å². The molecule has 19 heavy (non-hydrogen) atoms. The third-order valence-corrected chi connectivity index (χ3v) is 4.67. The van der Waals surface area contributed by atoms with Gasteiger partial charge in [0, 0.05) is 35.4 Å². The van der Waals surface area contributed by atoms with Crippen molar-refractivity contribution in [1.29, 1.82) is 0 Å². The zero-order chi connectivity index (χ0) is 13.7. The number of carbonyl (C=O) groups excluding carboxylic acids is 1. The predicted octanol–water partition coefficient (Wildman–Crippen LogP) is 0.537. The molecule has 1 aliphatic heterocycles. The van der Waals surface area contributed by atoms with E-state index in [9.17, 15) is 9.00 Å². The zero-order valence-electron chi connectivity index (χ0n) is 11.0. The van der Waals surface area contributed by atoms with Gasteiger partial charge in [0.1, 0.15) is 0 Å². The molecule has 1 aromatic rings. The summed E-state index contributed by atoms with van der Waals surface area (Å²) in [6, 6.07) is 9.59. The summed E-state index contributed by atoms with van der Waals surface area (Å²) in [6.07, 6.45) is 1.47. The van der Waals surface area contributed by atoms with Gasteiger partial charge in [0.15, 0.2) is 0 Å². The van der Waals surface area contributed by atoms with Crippen molar-refractivity contribution in [2.45, 2.75) is 18.9 Å². The minimum absolute atomic E-state index is 0.00682. The summed E-state index contributed by atoms with van der Waals surface area (Å²) in [5.41, 5.74) is 7.16. The van der Waals surface area contributed by atoms with E-state index in [4.69, 9.17) is 5.73 Å². The molecule has 0 bridgehead atoms. The molecule has 1 fully saturated rings. The molecule has 5 heteroatoms. The predicted molar refractivity (Wildman–Crippen MR) is 77.2 cm³/mol. The topological polar surface area (TPSA) is 63.4 Å². The van der Waals surface area contributed by atoms with Crippen LogP contribution in [0.1, 0.15) is 12.0 Å². The fourth-order valence-corrected chi connectivity index (χ4v) is 3.24. The molecule has 1 amide bonds. The number of hydrogen-bond donors (Lipinski definition) is 1. The van der Waals surface area contributed by atoms with Crippen molar-refractivity contribution in [3.05, 3.63) is 35.9 Å².